The lowest BCUT2D eigenvalue weighted by Crippen LogP contribution is -2.13. The van der Waals surface area contributed by atoms with Crippen LogP contribution in [-0.4, -0.2) is 20.2 Å². The fourth-order valence-corrected chi connectivity index (χ4v) is 1.82. The van der Waals surface area contributed by atoms with Crippen molar-refractivity contribution in [2.45, 2.75) is 26.7 Å². The summed E-state index contributed by atoms with van der Waals surface area (Å²) in [5.41, 5.74) is 2.65. The van der Waals surface area contributed by atoms with Crippen LogP contribution in [0.25, 0.3) is 0 Å². The molecule has 0 unspecified atom stereocenters. The Bertz CT molecular complexity index is 358. The van der Waals surface area contributed by atoms with Crippen molar-refractivity contribution in [3.63, 3.8) is 0 Å². The van der Waals surface area contributed by atoms with Crippen LogP contribution in [0.2, 0.25) is 0 Å². The van der Waals surface area contributed by atoms with Crippen molar-refractivity contribution in [1.29, 1.82) is 0 Å². The summed E-state index contributed by atoms with van der Waals surface area (Å²) in [7, 11) is 1.73. The molecular formula is C15H23NO. The minimum absolute atomic E-state index is 0.968. The van der Waals surface area contributed by atoms with E-state index in [1.807, 2.05) is 12.1 Å². The first kappa shape index (κ1) is 13.8. The van der Waals surface area contributed by atoms with Crippen LogP contribution in [0.15, 0.2) is 35.9 Å². The number of hydrogen-bond acceptors (Lipinski definition) is 2. The monoisotopic (exact) mass is 233 g/mol. The van der Waals surface area contributed by atoms with Gasteiger partial charge < -0.3 is 10.1 Å². The molecule has 0 amide bonds. The second-order valence-corrected chi connectivity index (χ2v) is 4.18. The van der Waals surface area contributed by atoms with E-state index in [9.17, 15) is 0 Å². The molecule has 0 aliphatic carbocycles. The quantitative estimate of drug-likeness (QED) is 0.577. The summed E-state index contributed by atoms with van der Waals surface area (Å²) in [5.74, 6) is 0.979. The molecule has 0 saturated heterocycles. The van der Waals surface area contributed by atoms with Crippen molar-refractivity contribution in [2.24, 2.45) is 0 Å². The van der Waals surface area contributed by atoms with E-state index in [4.69, 9.17) is 4.74 Å². The first-order valence-electron chi connectivity index (χ1n) is 6.26. The van der Waals surface area contributed by atoms with Gasteiger partial charge >= 0.3 is 0 Å². The molecule has 1 aromatic rings. The Morgan fingerprint density at radius 2 is 2.12 bits per heavy atom. The van der Waals surface area contributed by atoms with Crippen molar-refractivity contribution >= 4 is 0 Å². The first-order chi connectivity index (χ1) is 8.27. The van der Waals surface area contributed by atoms with Crippen LogP contribution in [0.4, 0.5) is 0 Å². The van der Waals surface area contributed by atoms with Gasteiger partial charge in [0.2, 0.25) is 0 Å². The summed E-state index contributed by atoms with van der Waals surface area (Å²) >= 11 is 0. The Morgan fingerprint density at radius 3 is 2.82 bits per heavy atom. The van der Waals surface area contributed by atoms with Crippen LogP contribution in [0.1, 0.15) is 25.8 Å². The predicted molar refractivity (Wildman–Crippen MR) is 73.6 cm³/mol. The molecule has 0 heterocycles. The SMILES string of the molecule is CCNCCC=C(C)Cc1ccccc1OC. The molecule has 0 spiro atoms. The zero-order valence-corrected chi connectivity index (χ0v) is 11.1. The van der Waals surface area contributed by atoms with Gasteiger partial charge in [0.25, 0.3) is 0 Å². The third kappa shape index (κ3) is 5.05. The zero-order valence-electron chi connectivity index (χ0n) is 11.1. The van der Waals surface area contributed by atoms with E-state index in [2.05, 4.69) is 37.4 Å². The third-order valence-corrected chi connectivity index (χ3v) is 2.73. The number of hydrogen-bond donors (Lipinski definition) is 1. The summed E-state index contributed by atoms with van der Waals surface area (Å²) in [6.45, 7) is 6.41. The van der Waals surface area contributed by atoms with E-state index in [1.165, 1.54) is 11.1 Å². The largest absolute Gasteiger partial charge is 0.496 e. The molecule has 0 radical (unpaired) electrons. The number of allylic oxidation sites excluding steroid dienone is 1. The molecule has 94 valence electrons. The van der Waals surface area contributed by atoms with Gasteiger partial charge in [0.1, 0.15) is 5.75 Å². The number of benzene rings is 1. The van der Waals surface area contributed by atoms with Gasteiger partial charge in [-0.3, -0.25) is 0 Å². The average molecular weight is 233 g/mol. The highest BCUT2D eigenvalue weighted by molar-refractivity contribution is 5.35. The predicted octanol–water partition coefficient (Wildman–Crippen LogP) is 3.18. The third-order valence-electron chi connectivity index (χ3n) is 2.73. The van der Waals surface area contributed by atoms with Crippen molar-refractivity contribution in [3.8, 4) is 5.75 Å². The highest BCUT2D eigenvalue weighted by atomic mass is 16.5. The van der Waals surface area contributed by atoms with Gasteiger partial charge in [-0.25, -0.2) is 0 Å². The maximum absolute atomic E-state index is 5.35. The molecule has 1 N–H and O–H groups in total. The van der Waals surface area contributed by atoms with Crippen LogP contribution >= 0.6 is 0 Å². The Balaban J connectivity index is 2.52. The van der Waals surface area contributed by atoms with Gasteiger partial charge in [-0.15, -0.1) is 0 Å². The lowest BCUT2D eigenvalue weighted by Gasteiger charge is -2.08. The highest BCUT2D eigenvalue weighted by Gasteiger charge is 2.01. The average Bonchev–Trinajstić information content (AvgIpc) is 2.35. The molecule has 0 bridgehead atoms. The smallest absolute Gasteiger partial charge is 0.122 e. The van der Waals surface area contributed by atoms with E-state index in [-0.39, 0.29) is 0 Å². The van der Waals surface area contributed by atoms with Gasteiger partial charge in [0.05, 0.1) is 7.11 Å². The fourth-order valence-electron chi connectivity index (χ4n) is 1.82. The zero-order chi connectivity index (χ0) is 12.5. The van der Waals surface area contributed by atoms with E-state index < -0.39 is 0 Å². The molecule has 17 heavy (non-hydrogen) atoms. The molecule has 0 aromatic heterocycles. The number of nitrogens with one attached hydrogen (secondary N) is 1. The van der Waals surface area contributed by atoms with E-state index >= 15 is 0 Å². The molecular weight excluding hydrogens is 210 g/mol. The molecule has 0 atom stereocenters. The van der Waals surface area contributed by atoms with Gasteiger partial charge in [-0.1, -0.05) is 36.8 Å². The summed E-state index contributed by atoms with van der Waals surface area (Å²) in [4.78, 5) is 0. The molecule has 0 aliphatic heterocycles. The number of rotatable bonds is 7. The van der Waals surface area contributed by atoms with Gasteiger partial charge in [-0.05, 0) is 44.5 Å². The Kier molecular flexibility index (Phi) is 6.41. The second kappa shape index (κ2) is 7.91. The molecule has 0 fully saturated rings. The van der Waals surface area contributed by atoms with Crippen LogP contribution in [0.5, 0.6) is 5.75 Å². The van der Waals surface area contributed by atoms with Gasteiger partial charge in [0.15, 0.2) is 0 Å². The molecule has 1 aromatic carbocycles. The van der Waals surface area contributed by atoms with Crippen LogP contribution in [0.3, 0.4) is 0 Å². The molecule has 0 saturated carbocycles. The van der Waals surface area contributed by atoms with Crippen molar-refractivity contribution in [1.82, 2.24) is 5.32 Å². The van der Waals surface area contributed by atoms with Gasteiger partial charge in [-0.2, -0.15) is 0 Å². The minimum atomic E-state index is 0.968. The standard InChI is InChI=1S/C15H23NO/c1-4-16-11-7-8-13(2)12-14-9-5-6-10-15(14)17-3/h5-6,8-10,16H,4,7,11-12H2,1-3H3. The van der Waals surface area contributed by atoms with Crippen molar-refractivity contribution in [3.05, 3.63) is 41.5 Å². The Morgan fingerprint density at radius 1 is 1.35 bits per heavy atom. The number of methoxy groups -OCH3 is 1. The summed E-state index contributed by atoms with van der Waals surface area (Å²) < 4.78 is 5.35. The van der Waals surface area contributed by atoms with Crippen molar-refractivity contribution in [2.75, 3.05) is 20.2 Å². The minimum Gasteiger partial charge on any atom is -0.496 e. The molecule has 1 rings (SSSR count). The fraction of sp³-hybridized carbons (Fsp3) is 0.467. The molecule has 2 heteroatoms. The maximum atomic E-state index is 5.35. The number of para-hydroxylation sites is 1. The second-order valence-electron chi connectivity index (χ2n) is 4.18. The van der Waals surface area contributed by atoms with Crippen LogP contribution in [0, 0.1) is 0 Å². The topological polar surface area (TPSA) is 21.3 Å². The normalized spacial score (nSPS) is 11.6. The summed E-state index contributed by atoms with van der Waals surface area (Å²) in [6.07, 6.45) is 4.36. The van der Waals surface area contributed by atoms with E-state index in [1.54, 1.807) is 7.11 Å². The number of ether oxygens (including phenoxy) is 1. The Labute approximate surface area is 105 Å². The lowest BCUT2D eigenvalue weighted by atomic mass is 10.0. The van der Waals surface area contributed by atoms with Gasteiger partial charge in [0, 0.05) is 0 Å². The van der Waals surface area contributed by atoms with E-state index in [0.717, 1.165) is 31.7 Å². The highest BCUT2D eigenvalue weighted by Crippen LogP contribution is 2.20. The Hall–Kier alpha value is -1.28. The maximum Gasteiger partial charge on any atom is 0.122 e. The lowest BCUT2D eigenvalue weighted by molar-refractivity contribution is 0.410. The van der Waals surface area contributed by atoms with E-state index in [0.29, 0.717) is 0 Å². The summed E-state index contributed by atoms with van der Waals surface area (Å²) in [6, 6.07) is 8.21. The first-order valence-corrected chi connectivity index (χ1v) is 6.26. The molecule has 0 aliphatic rings. The van der Waals surface area contributed by atoms with Crippen LogP contribution in [-0.2, 0) is 6.42 Å². The van der Waals surface area contributed by atoms with Crippen LogP contribution < -0.4 is 10.1 Å². The summed E-state index contributed by atoms with van der Waals surface area (Å²) in [5, 5.41) is 3.32. The van der Waals surface area contributed by atoms with Crippen molar-refractivity contribution < 1.29 is 4.74 Å². The molecule has 2 nitrogen and oxygen atoms in total.